The van der Waals surface area contributed by atoms with Gasteiger partial charge in [0.2, 0.25) is 0 Å². The van der Waals surface area contributed by atoms with Crippen molar-refractivity contribution in [3.8, 4) is 0 Å². The van der Waals surface area contributed by atoms with Gasteiger partial charge in [0, 0.05) is 0 Å². The summed E-state index contributed by atoms with van der Waals surface area (Å²) in [5.74, 6) is 0.773. The van der Waals surface area contributed by atoms with Crippen molar-refractivity contribution in [2.45, 2.75) is 46.0 Å². The van der Waals surface area contributed by atoms with Crippen molar-refractivity contribution in [3.63, 3.8) is 0 Å². The fourth-order valence-corrected chi connectivity index (χ4v) is 1.33. The number of unbranched alkanes of at least 4 members (excludes halogenated alkanes) is 2. The largest absolute Gasteiger partial charge is 0.0991 e. The molecule has 0 aliphatic heterocycles. The zero-order valence-corrected chi connectivity index (χ0v) is 8.55. The van der Waals surface area contributed by atoms with Gasteiger partial charge in [0.1, 0.15) is 0 Å². The van der Waals surface area contributed by atoms with Crippen molar-refractivity contribution in [1.82, 2.24) is 0 Å². The molecule has 0 saturated carbocycles. The summed E-state index contributed by atoms with van der Waals surface area (Å²) in [5, 5.41) is 0. The summed E-state index contributed by atoms with van der Waals surface area (Å²) >= 11 is 0. The number of allylic oxidation sites excluding steroid dienone is 3. The number of hydrogen-bond acceptors (Lipinski definition) is 0. The average molecular weight is 166 g/mol. The summed E-state index contributed by atoms with van der Waals surface area (Å²) in [4.78, 5) is 0. The van der Waals surface area contributed by atoms with Crippen LogP contribution in [-0.2, 0) is 0 Å². The van der Waals surface area contributed by atoms with Crippen LogP contribution in [0.15, 0.2) is 24.8 Å². The Morgan fingerprint density at radius 3 is 2.50 bits per heavy atom. The molecule has 0 aliphatic rings. The minimum Gasteiger partial charge on any atom is -0.0991 e. The molecule has 1 atom stereocenters. The highest BCUT2D eigenvalue weighted by Gasteiger charge is 1.99. The van der Waals surface area contributed by atoms with E-state index in [0.717, 1.165) is 5.92 Å². The molecule has 0 radical (unpaired) electrons. The molecule has 0 rings (SSSR count). The molecule has 0 spiro atoms. The Labute approximate surface area is 77.4 Å². The van der Waals surface area contributed by atoms with Gasteiger partial charge in [0.05, 0.1) is 0 Å². The summed E-state index contributed by atoms with van der Waals surface area (Å²) in [6, 6.07) is 0. The second kappa shape index (κ2) is 8.58. The topological polar surface area (TPSA) is 0 Å². The van der Waals surface area contributed by atoms with Crippen molar-refractivity contribution >= 4 is 0 Å². The fourth-order valence-electron chi connectivity index (χ4n) is 1.33. The summed E-state index contributed by atoms with van der Waals surface area (Å²) in [6.45, 7) is 8.18. The quantitative estimate of drug-likeness (QED) is 0.390. The van der Waals surface area contributed by atoms with Crippen LogP contribution in [0, 0.1) is 5.92 Å². The van der Waals surface area contributed by atoms with Gasteiger partial charge in [-0.2, -0.15) is 0 Å². The van der Waals surface area contributed by atoms with E-state index in [2.05, 4.69) is 32.6 Å². The van der Waals surface area contributed by atoms with Gasteiger partial charge in [-0.1, -0.05) is 57.9 Å². The van der Waals surface area contributed by atoms with E-state index in [9.17, 15) is 0 Å². The van der Waals surface area contributed by atoms with E-state index < -0.39 is 0 Å². The summed E-state index contributed by atoms with van der Waals surface area (Å²) in [5.41, 5.74) is 0. The van der Waals surface area contributed by atoms with Crippen molar-refractivity contribution in [1.29, 1.82) is 0 Å². The Morgan fingerprint density at radius 1 is 1.25 bits per heavy atom. The molecule has 0 heterocycles. The van der Waals surface area contributed by atoms with E-state index in [1.165, 1.54) is 32.1 Å². The highest BCUT2D eigenvalue weighted by Crippen LogP contribution is 2.14. The monoisotopic (exact) mass is 166 g/mol. The van der Waals surface area contributed by atoms with Crippen LogP contribution in [-0.4, -0.2) is 0 Å². The second-order valence-electron chi connectivity index (χ2n) is 3.28. The Morgan fingerprint density at radius 2 is 2.00 bits per heavy atom. The molecule has 0 amide bonds. The van der Waals surface area contributed by atoms with E-state index in [1.54, 1.807) is 0 Å². The van der Waals surface area contributed by atoms with E-state index in [4.69, 9.17) is 0 Å². The zero-order chi connectivity index (χ0) is 9.23. The van der Waals surface area contributed by atoms with Gasteiger partial charge in [-0.25, -0.2) is 0 Å². The highest BCUT2D eigenvalue weighted by molar-refractivity contribution is 4.99. The maximum atomic E-state index is 3.68. The van der Waals surface area contributed by atoms with Crippen LogP contribution in [0.4, 0.5) is 0 Å². The van der Waals surface area contributed by atoms with Gasteiger partial charge in [0.15, 0.2) is 0 Å². The minimum absolute atomic E-state index is 0.773. The van der Waals surface area contributed by atoms with Gasteiger partial charge >= 0.3 is 0 Å². The number of hydrogen-bond donors (Lipinski definition) is 0. The third kappa shape index (κ3) is 6.21. The van der Waals surface area contributed by atoms with E-state index in [-0.39, 0.29) is 0 Å². The van der Waals surface area contributed by atoms with E-state index in [1.807, 2.05) is 6.08 Å². The van der Waals surface area contributed by atoms with Crippen LogP contribution >= 0.6 is 0 Å². The average Bonchev–Trinajstić information content (AvgIpc) is 2.11. The van der Waals surface area contributed by atoms with Crippen LogP contribution in [0.2, 0.25) is 0 Å². The summed E-state index contributed by atoms with van der Waals surface area (Å²) in [7, 11) is 0. The lowest BCUT2D eigenvalue weighted by Gasteiger charge is -2.08. The SMILES string of the molecule is C=CC=CC(CC)CCCCC. The third-order valence-electron chi connectivity index (χ3n) is 2.22. The van der Waals surface area contributed by atoms with Gasteiger partial charge in [0.25, 0.3) is 0 Å². The molecule has 0 aromatic rings. The first-order valence-corrected chi connectivity index (χ1v) is 5.14. The molecule has 0 saturated heterocycles. The van der Waals surface area contributed by atoms with Gasteiger partial charge in [-0.05, 0) is 18.8 Å². The first-order chi connectivity index (χ1) is 5.85. The van der Waals surface area contributed by atoms with Crippen LogP contribution < -0.4 is 0 Å². The molecule has 0 heteroatoms. The highest BCUT2D eigenvalue weighted by atomic mass is 14.0. The molecule has 0 aromatic heterocycles. The van der Waals surface area contributed by atoms with Crippen LogP contribution in [0.5, 0.6) is 0 Å². The van der Waals surface area contributed by atoms with Crippen LogP contribution in [0.1, 0.15) is 46.0 Å². The summed E-state index contributed by atoms with van der Waals surface area (Å²) < 4.78 is 0. The first-order valence-electron chi connectivity index (χ1n) is 5.14. The van der Waals surface area contributed by atoms with Crippen molar-refractivity contribution < 1.29 is 0 Å². The molecule has 0 fully saturated rings. The Bertz CT molecular complexity index is 122. The fraction of sp³-hybridized carbons (Fsp3) is 0.667. The molecular weight excluding hydrogens is 144 g/mol. The normalized spacial score (nSPS) is 13.5. The molecule has 1 unspecified atom stereocenters. The Hall–Kier alpha value is -0.520. The van der Waals surface area contributed by atoms with Crippen LogP contribution in [0.25, 0.3) is 0 Å². The zero-order valence-electron chi connectivity index (χ0n) is 8.55. The van der Waals surface area contributed by atoms with E-state index >= 15 is 0 Å². The molecular formula is C12H22. The molecule has 12 heavy (non-hydrogen) atoms. The molecule has 0 aliphatic carbocycles. The molecule has 0 aromatic carbocycles. The third-order valence-corrected chi connectivity index (χ3v) is 2.22. The van der Waals surface area contributed by atoms with Gasteiger partial charge < -0.3 is 0 Å². The van der Waals surface area contributed by atoms with Crippen LogP contribution in [0.3, 0.4) is 0 Å². The predicted molar refractivity (Wildman–Crippen MR) is 57.3 cm³/mol. The standard InChI is InChI=1S/C12H22/c1-4-7-9-11-12(6-3)10-8-5-2/h5,8,10,12H,2,4,6-7,9,11H2,1,3H3. The lowest BCUT2D eigenvalue weighted by molar-refractivity contribution is 0.527. The lowest BCUT2D eigenvalue weighted by Crippen LogP contribution is -1.93. The predicted octanol–water partition coefficient (Wildman–Crippen LogP) is 4.34. The molecule has 70 valence electrons. The molecule has 0 N–H and O–H groups in total. The van der Waals surface area contributed by atoms with Gasteiger partial charge in [-0.15, -0.1) is 0 Å². The van der Waals surface area contributed by atoms with Crippen molar-refractivity contribution in [3.05, 3.63) is 24.8 Å². The van der Waals surface area contributed by atoms with E-state index in [0.29, 0.717) is 0 Å². The maximum absolute atomic E-state index is 3.68. The first kappa shape index (κ1) is 11.5. The Balaban J connectivity index is 3.52. The molecule has 0 bridgehead atoms. The van der Waals surface area contributed by atoms with Crippen molar-refractivity contribution in [2.24, 2.45) is 5.92 Å². The Kier molecular flexibility index (Phi) is 8.20. The van der Waals surface area contributed by atoms with Gasteiger partial charge in [-0.3, -0.25) is 0 Å². The second-order valence-corrected chi connectivity index (χ2v) is 3.28. The molecule has 0 nitrogen and oxygen atoms in total. The lowest BCUT2D eigenvalue weighted by atomic mass is 9.98. The van der Waals surface area contributed by atoms with Crippen molar-refractivity contribution in [2.75, 3.05) is 0 Å². The number of rotatable bonds is 7. The minimum atomic E-state index is 0.773. The smallest absolute Gasteiger partial charge is 0.0233 e. The maximum Gasteiger partial charge on any atom is -0.0233 e. The summed E-state index contributed by atoms with van der Waals surface area (Å²) in [6.07, 6.45) is 12.9.